The molecule has 1 aromatic carbocycles. The fourth-order valence-corrected chi connectivity index (χ4v) is 2.63. The number of para-hydroxylation sites is 1. The van der Waals surface area contributed by atoms with E-state index in [1.807, 2.05) is 42.3 Å². The van der Waals surface area contributed by atoms with E-state index in [0.717, 1.165) is 18.5 Å². The highest BCUT2D eigenvalue weighted by Crippen LogP contribution is 2.28. The van der Waals surface area contributed by atoms with E-state index in [1.165, 1.54) is 0 Å². The molecule has 1 aliphatic heterocycles. The highest BCUT2D eigenvalue weighted by atomic mass is 16.5. The molecule has 3 heterocycles. The zero-order valence-corrected chi connectivity index (χ0v) is 13.7. The van der Waals surface area contributed by atoms with Crippen LogP contribution in [-0.2, 0) is 4.74 Å². The molecule has 0 amide bonds. The summed E-state index contributed by atoms with van der Waals surface area (Å²) < 4.78 is 10.8. The maximum Gasteiger partial charge on any atom is 0.256 e. The Bertz CT molecular complexity index is 862. The second kappa shape index (κ2) is 6.44. The lowest BCUT2D eigenvalue weighted by molar-refractivity contribution is 0.0835. The van der Waals surface area contributed by atoms with Crippen molar-refractivity contribution in [3.63, 3.8) is 0 Å². The molecule has 0 radical (unpaired) electrons. The van der Waals surface area contributed by atoms with E-state index in [2.05, 4.69) is 25.1 Å². The van der Waals surface area contributed by atoms with Gasteiger partial charge in [0.05, 0.1) is 0 Å². The van der Waals surface area contributed by atoms with Crippen molar-refractivity contribution in [2.75, 3.05) is 24.3 Å². The summed E-state index contributed by atoms with van der Waals surface area (Å²) in [6, 6.07) is 9.71. The number of nitrogen functional groups attached to an aromatic ring is 1. The summed E-state index contributed by atoms with van der Waals surface area (Å²) in [5.74, 6) is 1.45. The lowest BCUT2D eigenvalue weighted by atomic mass is 10.2. The largest absolute Gasteiger partial charge is 0.368 e. The predicted molar refractivity (Wildman–Crippen MR) is 90.0 cm³/mol. The average Bonchev–Trinajstić information content (AvgIpc) is 3.32. The third-order valence-corrected chi connectivity index (χ3v) is 3.93. The van der Waals surface area contributed by atoms with Gasteiger partial charge in [-0.3, -0.25) is 0 Å². The van der Waals surface area contributed by atoms with Crippen molar-refractivity contribution in [2.45, 2.75) is 18.9 Å². The second-order valence-corrected chi connectivity index (χ2v) is 5.67. The maximum atomic E-state index is 5.84. The van der Waals surface area contributed by atoms with Crippen LogP contribution in [0.1, 0.15) is 24.8 Å². The van der Waals surface area contributed by atoms with Crippen LogP contribution >= 0.6 is 0 Å². The first-order chi connectivity index (χ1) is 12.2. The van der Waals surface area contributed by atoms with Crippen LogP contribution in [0.15, 0.2) is 34.9 Å². The minimum Gasteiger partial charge on any atom is -0.368 e. The zero-order chi connectivity index (χ0) is 17.2. The van der Waals surface area contributed by atoms with Crippen molar-refractivity contribution in [3.05, 3.63) is 36.2 Å². The van der Waals surface area contributed by atoms with Gasteiger partial charge in [0.2, 0.25) is 23.5 Å². The summed E-state index contributed by atoms with van der Waals surface area (Å²) in [4.78, 5) is 18.9. The van der Waals surface area contributed by atoms with E-state index in [-0.39, 0.29) is 23.7 Å². The smallest absolute Gasteiger partial charge is 0.256 e. The average molecular weight is 339 g/mol. The highest BCUT2D eigenvalue weighted by Gasteiger charge is 2.25. The Balaban J connectivity index is 1.65. The normalized spacial score (nSPS) is 16.9. The van der Waals surface area contributed by atoms with Crippen LogP contribution in [0.4, 0.5) is 17.6 Å². The van der Waals surface area contributed by atoms with E-state index in [0.29, 0.717) is 18.4 Å². The Hall–Kier alpha value is -3.07. The molecule has 1 atom stereocenters. The number of anilines is 3. The fraction of sp³-hybridized carbons (Fsp3) is 0.312. The number of nitrogens with two attached hydrogens (primary N) is 1. The van der Waals surface area contributed by atoms with Gasteiger partial charge in [0.1, 0.15) is 6.10 Å². The second-order valence-electron chi connectivity index (χ2n) is 5.67. The summed E-state index contributed by atoms with van der Waals surface area (Å²) in [7, 11) is 1.85. The first kappa shape index (κ1) is 15.5. The van der Waals surface area contributed by atoms with Gasteiger partial charge < -0.3 is 19.9 Å². The summed E-state index contributed by atoms with van der Waals surface area (Å²) >= 11 is 0. The number of aromatic nitrogens is 5. The third-order valence-electron chi connectivity index (χ3n) is 3.93. The summed E-state index contributed by atoms with van der Waals surface area (Å²) in [6.45, 7) is 0.701. The summed E-state index contributed by atoms with van der Waals surface area (Å²) in [6.07, 6.45) is 1.68. The van der Waals surface area contributed by atoms with Gasteiger partial charge in [-0.2, -0.15) is 19.9 Å². The van der Waals surface area contributed by atoms with Gasteiger partial charge in [-0.25, -0.2) is 0 Å². The quantitative estimate of drug-likeness (QED) is 0.762. The highest BCUT2D eigenvalue weighted by molar-refractivity contribution is 5.58. The Morgan fingerprint density at radius 2 is 1.92 bits per heavy atom. The maximum absolute atomic E-state index is 5.84. The van der Waals surface area contributed by atoms with Crippen LogP contribution < -0.4 is 10.6 Å². The molecule has 0 aliphatic carbocycles. The van der Waals surface area contributed by atoms with Gasteiger partial charge in [-0.05, 0) is 25.0 Å². The molecule has 0 spiro atoms. The summed E-state index contributed by atoms with van der Waals surface area (Å²) in [5.41, 5.74) is 6.77. The monoisotopic (exact) mass is 339 g/mol. The molecular weight excluding hydrogens is 322 g/mol. The molecule has 0 bridgehead atoms. The number of nitrogens with zero attached hydrogens (tertiary/aromatic N) is 6. The van der Waals surface area contributed by atoms with Crippen molar-refractivity contribution in [3.8, 4) is 11.6 Å². The van der Waals surface area contributed by atoms with Gasteiger partial charge in [0, 0.05) is 19.3 Å². The van der Waals surface area contributed by atoms with Crippen molar-refractivity contribution in [1.82, 2.24) is 25.1 Å². The zero-order valence-electron chi connectivity index (χ0n) is 13.7. The van der Waals surface area contributed by atoms with Crippen LogP contribution in [0.25, 0.3) is 11.6 Å². The molecule has 25 heavy (non-hydrogen) atoms. The molecule has 2 aromatic heterocycles. The molecule has 1 saturated heterocycles. The minimum absolute atomic E-state index is 0.0891. The number of rotatable bonds is 4. The Kier molecular flexibility index (Phi) is 3.98. The third kappa shape index (κ3) is 3.13. The molecule has 2 N–H and O–H groups in total. The van der Waals surface area contributed by atoms with Crippen LogP contribution in [0.5, 0.6) is 0 Å². The number of benzene rings is 1. The Labute approximate surface area is 143 Å². The van der Waals surface area contributed by atoms with Crippen LogP contribution in [-0.4, -0.2) is 38.7 Å². The lowest BCUT2D eigenvalue weighted by Crippen LogP contribution is -2.15. The minimum atomic E-state index is -0.160. The van der Waals surface area contributed by atoms with Crippen molar-refractivity contribution >= 4 is 17.6 Å². The molecule has 3 aromatic rings. The van der Waals surface area contributed by atoms with E-state index in [1.54, 1.807) is 0 Å². The molecular formula is C16H17N7O2. The molecule has 9 heteroatoms. The Morgan fingerprint density at radius 1 is 1.08 bits per heavy atom. The molecule has 128 valence electrons. The van der Waals surface area contributed by atoms with E-state index >= 15 is 0 Å². The molecule has 1 fully saturated rings. The Morgan fingerprint density at radius 3 is 2.68 bits per heavy atom. The van der Waals surface area contributed by atoms with Crippen LogP contribution in [0.2, 0.25) is 0 Å². The number of ether oxygens (including phenoxy) is 1. The molecule has 1 unspecified atom stereocenters. The standard InChI is InChI=1S/C16H17N7O2/c1-23(10-6-3-2-4-7-10)16-20-12(19-15(17)21-16)13-18-14(25-22-13)11-8-5-9-24-11/h2-4,6-7,11H,5,8-9H2,1H3,(H2,17,19,20,21). The first-order valence-corrected chi connectivity index (χ1v) is 7.96. The van der Waals surface area contributed by atoms with Crippen molar-refractivity contribution in [2.24, 2.45) is 0 Å². The predicted octanol–water partition coefficient (Wildman–Crippen LogP) is 2.12. The fourth-order valence-electron chi connectivity index (χ4n) is 2.63. The topological polar surface area (TPSA) is 116 Å². The number of hydrogen-bond donors (Lipinski definition) is 1. The molecule has 0 saturated carbocycles. The molecule has 1 aliphatic rings. The van der Waals surface area contributed by atoms with Crippen LogP contribution in [0, 0.1) is 0 Å². The van der Waals surface area contributed by atoms with E-state index in [4.69, 9.17) is 15.0 Å². The van der Waals surface area contributed by atoms with Gasteiger partial charge in [0.15, 0.2) is 0 Å². The SMILES string of the molecule is CN(c1ccccc1)c1nc(N)nc(-c2noc(C3CCCO3)n2)n1. The van der Waals surface area contributed by atoms with Gasteiger partial charge >= 0.3 is 0 Å². The first-order valence-electron chi connectivity index (χ1n) is 7.96. The lowest BCUT2D eigenvalue weighted by Gasteiger charge is -2.17. The van der Waals surface area contributed by atoms with E-state index < -0.39 is 0 Å². The van der Waals surface area contributed by atoms with Crippen LogP contribution in [0.3, 0.4) is 0 Å². The van der Waals surface area contributed by atoms with Gasteiger partial charge in [0.25, 0.3) is 5.89 Å². The molecule has 4 rings (SSSR count). The molecule has 9 nitrogen and oxygen atoms in total. The van der Waals surface area contributed by atoms with Crippen molar-refractivity contribution < 1.29 is 9.26 Å². The van der Waals surface area contributed by atoms with Gasteiger partial charge in [-0.15, -0.1) is 0 Å². The van der Waals surface area contributed by atoms with Gasteiger partial charge in [-0.1, -0.05) is 23.4 Å². The summed E-state index contributed by atoms with van der Waals surface area (Å²) in [5, 5.41) is 3.95. The number of hydrogen-bond acceptors (Lipinski definition) is 9. The van der Waals surface area contributed by atoms with Crippen molar-refractivity contribution in [1.29, 1.82) is 0 Å². The van der Waals surface area contributed by atoms with E-state index in [9.17, 15) is 0 Å².